The van der Waals surface area contributed by atoms with Crippen LogP contribution in [0.3, 0.4) is 0 Å². The van der Waals surface area contributed by atoms with Gasteiger partial charge in [-0.3, -0.25) is 4.79 Å². The van der Waals surface area contributed by atoms with E-state index in [1.807, 2.05) is 31.2 Å². The highest BCUT2D eigenvalue weighted by atomic mass is 16.5. The summed E-state index contributed by atoms with van der Waals surface area (Å²) < 4.78 is 5.04. The van der Waals surface area contributed by atoms with Gasteiger partial charge in [0.15, 0.2) is 5.78 Å². The molecular formula is C15H14N2O2. The number of carbonyl (C=O) groups is 1. The SMILES string of the molecule is CCc1nocc1-c1[nH]c2ccccc2c1C(C)=O. The zero-order valence-corrected chi connectivity index (χ0v) is 10.9. The van der Waals surface area contributed by atoms with Crippen LogP contribution >= 0.6 is 0 Å². The fraction of sp³-hybridized carbons (Fsp3) is 0.200. The third kappa shape index (κ3) is 1.76. The van der Waals surface area contributed by atoms with E-state index in [9.17, 15) is 4.79 Å². The van der Waals surface area contributed by atoms with Crippen molar-refractivity contribution in [3.63, 3.8) is 0 Å². The molecule has 0 saturated heterocycles. The summed E-state index contributed by atoms with van der Waals surface area (Å²) in [5.74, 6) is 0.0377. The number of Topliss-reactive ketones (excluding diaryl/α,β-unsaturated/α-hetero) is 1. The van der Waals surface area contributed by atoms with Crippen molar-refractivity contribution in [3.8, 4) is 11.3 Å². The molecular weight excluding hydrogens is 240 g/mol. The van der Waals surface area contributed by atoms with Gasteiger partial charge in [-0.2, -0.15) is 0 Å². The summed E-state index contributed by atoms with van der Waals surface area (Å²) in [4.78, 5) is 15.3. The van der Waals surface area contributed by atoms with E-state index in [1.165, 1.54) is 0 Å². The maximum absolute atomic E-state index is 12.0. The number of fused-ring (bicyclic) bond motifs is 1. The van der Waals surface area contributed by atoms with Gasteiger partial charge in [-0.15, -0.1) is 0 Å². The van der Waals surface area contributed by atoms with Crippen molar-refractivity contribution in [2.45, 2.75) is 20.3 Å². The molecule has 3 rings (SSSR count). The zero-order chi connectivity index (χ0) is 13.4. The first-order valence-corrected chi connectivity index (χ1v) is 6.27. The average Bonchev–Trinajstić information content (AvgIpc) is 3.01. The second kappa shape index (κ2) is 4.39. The number of ketones is 1. The Morgan fingerprint density at radius 3 is 2.89 bits per heavy atom. The lowest BCUT2D eigenvalue weighted by Crippen LogP contribution is -1.95. The Morgan fingerprint density at radius 1 is 1.37 bits per heavy atom. The minimum atomic E-state index is 0.0377. The molecule has 19 heavy (non-hydrogen) atoms. The van der Waals surface area contributed by atoms with Crippen LogP contribution in [-0.4, -0.2) is 15.9 Å². The number of benzene rings is 1. The number of para-hydroxylation sites is 1. The van der Waals surface area contributed by atoms with Gasteiger partial charge in [0.2, 0.25) is 0 Å². The third-order valence-electron chi connectivity index (χ3n) is 3.31. The largest absolute Gasteiger partial charge is 0.364 e. The van der Waals surface area contributed by atoms with Gasteiger partial charge in [0, 0.05) is 10.9 Å². The molecule has 1 aromatic carbocycles. The number of aromatic nitrogens is 2. The summed E-state index contributed by atoms with van der Waals surface area (Å²) in [6.07, 6.45) is 2.36. The van der Waals surface area contributed by atoms with Crippen molar-refractivity contribution in [1.82, 2.24) is 10.1 Å². The van der Waals surface area contributed by atoms with E-state index in [4.69, 9.17) is 4.52 Å². The molecule has 2 aromatic heterocycles. The Bertz CT molecular complexity index is 752. The van der Waals surface area contributed by atoms with E-state index in [0.717, 1.165) is 34.3 Å². The van der Waals surface area contributed by atoms with Gasteiger partial charge in [-0.05, 0) is 19.4 Å². The molecule has 0 atom stereocenters. The predicted octanol–water partition coefficient (Wildman–Crippen LogP) is 3.59. The molecule has 4 heteroatoms. The van der Waals surface area contributed by atoms with E-state index in [0.29, 0.717) is 5.56 Å². The van der Waals surface area contributed by atoms with Gasteiger partial charge in [-0.25, -0.2) is 0 Å². The summed E-state index contributed by atoms with van der Waals surface area (Å²) in [6, 6.07) is 7.79. The first-order valence-electron chi connectivity index (χ1n) is 6.27. The number of rotatable bonds is 3. The fourth-order valence-electron chi connectivity index (χ4n) is 2.43. The van der Waals surface area contributed by atoms with Crippen LogP contribution in [0.1, 0.15) is 29.9 Å². The van der Waals surface area contributed by atoms with Gasteiger partial charge in [-0.1, -0.05) is 30.3 Å². The standard InChI is InChI=1S/C15H14N2O2/c1-3-12-11(8-19-17-12)15-14(9(2)18)10-6-4-5-7-13(10)16-15/h4-8,16H,3H2,1-2H3. The molecule has 0 aliphatic carbocycles. The normalized spacial score (nSPS) is 11.1. The average molecular weight is 254 g/mol. The molecule has 0 unspecified atom stereocenters. The van der Waals surface area contributed by atoms with E-state index in [-0.39, 0.29) is 5.78 Å². The fourth-order valence-corrected chi connectivity index (χ4v) is 2.43. The topological polar surface area (TPSA) is 58.9 Å². The molecule has 2 heterocycles. The first-order chi connectivity index (χ1) is 9.22. The third-order valence-corrected chi connectivity index (χ3v) is 3.31. The van der Waals surface area contributed by atoms with Crippen molar-refractivity contribution in [1.29, 1.82) is 0 Å². The Balaban J connectivity index is 2.35. The quantitative estimate of drug-likeness (QED) is 0.726. The van der Waals surface area contributed by atoms with Gasteiger partial charge < -0.3 is 9.51 Å². The lowest BCUT2D eigenvalue weighted by Gasteiger charge is -1.99. The zero-order valence-electron chi connectivity index (χ0n) is 10.9. The Labute approximate surface area is 110 Å². The second-order valence-corrected chi connectivity index (χ2v) is 4.51. The maximum atomic E-state index is 12.0. The van der Waals surface area contributed by atoms with Crippen LogP contribution in [0.4, 0.5) is 0 Å². The van der Waals surface area contributed by atoms with Gasteiger partial charge in [0.25, 0.3) is 0 Å². The molecule has 0 saturated carbocycles. The second-order valence-electron chi connectivity index (χ2n) is 4.51. The summed E-state index contributed by atoms with van der Waals surface area (Å²) in [5, 5.41) is 4.91. The van der Waals surface area contributed by atoms with Crippen LogP contribution in [0.25, 0.3) is 22.2 Å². The number of hydrogen-bond donors (Lipinski definition) is 1. The van der Waals surface area contributed by atoms with Crippen molar-refractivity contribution < 1.29 is 9.32 Å². The lowest BCUT2D eigenvalue weighted by atomic mass is 10.0. The molecule has 0 amide bonds. The number of hydrogen-bond acceptors (Lipinski definition) is 3. The van der Waals surface area contributed by atoms with Gasteiger partial charge in [0.1, 0.15) is 6.26 Å². The van der Waals surface area contributed by atoms with Crippen molar-refractivity contribution >= 4 is 16.7 Å². The molecule has 96 valence electrons. The molecule has 4 nitrogen and oxygen atoms in total. The number of aryl methyl sites for hydroxylation is 1. The van der Waals surface area contributed by atoms with Gasteiger partial charge >= 0.3 is 0 Å². The van der Waals surface area contributed by atoms with Crippen molar-refractivity contribution in [2.75, 3.05) is 0 Å². The Kier molecular flexibility index (Phi) is 2.71. The van der Waals surface area contributed by atoms with Crippen LogP contribution in [0.15, 0.2) is 35.1 Å². The summed E-state index contributed by atoms with van der Waals surface area (Å²) >= 11 is 0. The Morgan fingerprint density at radius 2 is 2.16 bits per heavy atom. The molecule has 0 bridgehead atoms. The minimum absolute atomic E-state index is 0.0377. The van der Waals surface area contributed by atoms with Crippen LogP contribution in [-0.2, 0) is 6.42 Å². The summed E-state index contributed by atoms with van der Waals surface area (Å²) in [7, 11) is 0. The highest BCUT2D eigenvalue weighted by Crippen LogP contribution is 2.32. The van der Waals surface area contributed by atoms with Crippen LogP contribution in [0.5, 0.6) is 0 Å². The highest BCUT2D eigenvalue weighted by Gasteiger charge is 2.20. The van der Waals surface area contributed by atoms with E-state index >= 15 is 0 Å². The first kappa shape index (κ1) is 11.7. The number of carbonyl (C=O) groups excluding carboxylic acids is 1. The lowest BCUT2D eigenvalue weighted by molar-refractivity contribution is 0.102. The Hall–Kier alpha value is -2.36. The monoisotopic (exact) mass is 254 g/mol. The van der Waals surface area contributed by atoms with E-state index in [2.05, 4.69) is 10.1 Å². The number of H-pyrrole nitrogens is 1. The molecule has 0 fully saturated rings. The van der Waals surface area contributed by atoms with E-state index in [1.54, 1.807) is 13.2 Å². The molecule has 0 aliphatic rings. The predicted molar refractivity (Wildman–Crippen MR) is 73.2 cm³/mol. The van der Waals surface area contributed by atoms with Crippen LogP contribution in [0.2, 0.25) is 0 Å². The molecule has 0 radical (unpaired) electrons. The van der Waals surface area contributed by atoms with E-state index < -0.39 is 0 Å². The molecule has 0 spiro atoms. The molecule has 0 aliphatic heterocycles. The smallest absolute Gasteiger partial charge is 0.162 e. The van der Waals surface area contributed by atoms with Crippen LogP contribution in [0, 0.1) is 0 Å². The number of nitrogens with one attached hydrogen (secondary N) is 1. The maximum Gasteiger partial charge on any atom is 0.162 e. The highest BCUT2D eigenvalue weighted by molar-refractivity contribution is 6.12. The van der Waals surface area contributed by atoms with Crippen LogP contribution < -0.4 is 0 Å². The minimum Gasteiger partial charge on any atom is -0.364 e. The molecule has 3 aromatic rings. The van der Waals surface area contributed by atoms with Crippen molar-refractivity contribution in [2.24, 2.45) is 0 Å². The van der Waals surface area contributed by atoms with Gasteiger partial charge in [0.05, 0.1) is 22.5 Å². The number of nitrogens with zero attached hydrogens (tertiary/aromatic N) is 1. The number of aromatic amines is 1. The van der Waals surface area contributed by atoms with Crippen molar-refractivity contribution in [3.05, 3.63) is 41.8 Å². The summed E-state index contributed by atoms with van der Waals surface area (Å²) in [6.45, 7) is 3.59. The molecule has 1 N–H and O–H groups in total. The summed E-state index contributed by atoms with van der Waals surface area (Å²) in [5.41, 5.74) is 4.17.